The smallest absolute Gasteiger partial charge is 0.226 e. The van der Waals surface area contributed by atoms with Gasteiger partial charge < -0.3 is 4.90 Å². The molecule has 0 N–H and O–H groups in total. The van der Waals surface area contributed by atoms with Crippen molar-refractivity contribution in [2.45, 2.75) is 33.1 Å². The first kappa shape index (κ1) is 11.1. The van der Waals surface area contributed by atoms with Gasteiger partial charge in [0.1, 0.15) is 0 Å². The number of carbonyl (C=O) groups excluding carboxylic acids is 1. The molecule has 0 radical (unpaired) electrons. The van der Waals surface area contributed by atoms with E-state index in [9.17, 15) is 4.79 Å². The van der Waals surface area contributed by atoms with E-state index in [0.717, 1.165) is 19.3 Å². The lowest BCUT2D eigenvalue weighted by Crippen LogP contribution is -2.37. The number of rotatable bonds is 2. The van der Waals surface area contributed by atoms with Crippen molar-refractivity contribution in [1.29, 1.82) is 0 Å². The molecule has 0 saturated heterocycles. The second kappa shape index (κ2) is 4.04. The van der Waals surface area contributed by atoms with Crippen LogP contribution >= 0.6 is 0 Å². The molecule has 1 atom stereocenters. The highest BCUT2D eigenvalue weighted by atomic mass is 16.2. The van der Waals surface area contributed by atoms with Crippen molar-refractivity contribution in [1.82, 2.24) is 4.90 Å². The van der Waals surface area contributed by atoms with Crippen LogP contribution < -0.4 is 0 Å². The Balaban J connectivity index is 2.66. The lowest BCUT2D eigenvalue weighted by Gasteiger charge is -2.29. The van der Waals surface area contributed by atoms with Crippen molar-refractivity contribution in [2.24, 2.45) is 11.3 Å². The third-order valence-electron chi connectivity index (χ3n) is 3.26. The van der Waals surface area contributed by atoms with Gasteiger partial charge in [0.25, 0.3) is 0 Å². The van der Waals surface area contributed by atoms with Crippen molar-refractivity contribution in [2.75, 3.05) is 13.6 Å². The van der Waals surface area contributed by atoms with E-state index in [1.54, 1.807) is 11.9 Å². The Labute approximate surface area is 86.7 Å². The highest BCUT2D eigenvalue weighted by Gasteiger charge is 2.40. The molecule has 0 aromatic heterocycles. The first-order valence-corrected chi connectivity index (χ1v) is 5.17. The molecule has 1 aliphatic carbocycles. The van der Waals surface area contributed by atoms with Crippen LogP contribution in [0.2, 0.25) is 0 Å². The molecule has 2 nitrogen and oxygen atoms in total. The van der Waals surface area contributed by atoms with Crippen LogP contribution in [0.25, 0.3) is 0 Å². The van der Waals surface area contributed by atoms with Crippen molar-refractivity contribution < 1.29 is 4.79 Å². The minimum absolute atomic E-state index is 0.153. The highest BCUT2D eigenvalue weighted by molar-refractivity contribution is 5.79. The van der Waals surface area contributed by atoms with E-state index < -0.39 is 0 Å². The second-order valence-electron chi connectivity index (χ2n) is 4.83. The monoisotopic (exact) mass is 193 g/mol. The minimum atomic E-state index is 0.153. The van der Waals surface area contributed by atoms with Crippen LogP contribution in [0.1, 0.15) is 33.1 Å². The topological polar surface area (TPSA) is 20.3 Å². The van der Waals surface area contributed by atoms with E-state index >= 15 is 0 Å². The van der Waals surface area contributed by atoms with Crippen LogP contribution in [0, 0.1) is 23.7 Å². The lowest BCUT2D eigenvalue weighted by atomic mass is 9.81. The van der Waals surface area contributed by atoms with Crippen molar-refractivity contribution in [3.63, 3.8) is 0 Å². The number of nitrogens with zero attached hydrogens (tertiary/aromatic N) is 1. The molecule has 14 heavy (non-hydrogen) atoms. The maximum Gasteiger partial charge on any atom is 0.226 e. The third kappa shape index (κ3) is 2.09. The highest BCUT2D eigenvalue weighted by Crippen LogP contribution is 2.43. The van der Waals surface area contributed by atoms with Crippen LogP contribution in [-0.2, 0) is 4.79 Å². The van der Waals surface area contributed by atoms with E-state index in [0.29, 0.717) is 6.54 Å². The molecule has 0 aromatic carbocycles. The first-order valence-electron chi connectivity index (χ1n) is 5.17. The zero-order chi connectivity index (χ0) is 10.8. The Kier molecular flexibility index (Phi) is 3.21. The van der Waals surface area contributed by atoms with Gasteiger partial charge in [-0.1, -0.05) is 26.2 Å². The van der Waals surface area contributed by atoms with Gasteiger partial charge in [-0.15, -0.1) is 6.42 Å². The van der Waals surface area contributed by atoms with E-state index in [1.807, 2.05) is 0 Å². The van der Waals surface area contributed by atoms with Crippen LogP contribution in [0.15, 0.2) is 0 Å². The van der Waals surface area contributed by atoms with Gasteiger partial charge in [-0.3, -0.25) is 4.79 Å². The summed E-state index contributed by atoms with van der Waals surface area (Å²) in [4.78, 5) is 13.6. The third-order valence-corrected chi connectivity index (χ3v) is 3.26. The normalized spacial score (nSPS) is 24.3. The predicted octanol–water partition coefficient (Wildman–Crippen LogP) is 1.90. The zero-order valence-electron chi connectivity index (χ0n) is 9.34. The molecule has 1 rings (SSSR count). The Morgan fingerprint density at radius 2 is 2.29 bits per heavy atom. The summed E-state index contributed by atoms with van der Waals surface area (Å²) in [6.07, 6.45) is 8.51. The SMILES string of the molecule is C#CCN(C)C(=O)C1CCCC1(C)C. The summed E-state index contributed by atoms with van der Waals surface area (Å²) in [7, 11) is 1.79. The summed E-state index contributed by atoms with van der Waals surface area (Å²) >= 11 is 0. The van der Waals surface area contributed by atoms with Gasteiger partial charge in [0.05, 0.1) is 6.54 Å². The van der Waals surface area contributed by atoms with Crippen LogP contribution in [0.3, 0.4) is 0 Å². The average Bonchev–Trinajstić information content (AvgIpc) is 2.44. The molecular weight excluding hydrogens is 174 g/mol. The molecule has 0 aliphatic heterocycles. The van der Waals surface area contributed by atoms with Crippen LogP contribution in [0.5, 0.6) is 0 Å². The van der Waals surface area contributed by atoms with Gasteiger partial charge in [0.15, 0.2) is 0 Å². The predicted molar refractivity (Wildman–Crippen MR) is 57.6 cm³/mol. The van der Waals surface area contributed by atoms with Crippen molar-refractivity contribution in [3.05, 3.63) is 0 Å². The van der Waals surface area contributed by atoms with E-state index in [4.69, 9.17) is 6.42 Å². The summed E-state index contributed by atoms with van der Waals surface area (Å²) in [5, 5.41) is 0. The lowest BCUT2D eigenvalue weighted by molar-refractivity contribution is -0.136. The van der Waals surface area contributed by atoms with E-state index in [1.165, 1.54) is 0 Å². The Morgan fingerprint density at radius 1 is 1.64 bits per heavy atom. The average molecular weight is 193 g/mol. The molecule has 78 valence electrons. The molecule has 1 fully saturated rings. The van der Waals surface area contributed by atoms with Crippen molar-refractivity contribution in [3.8, 4) is 12.3 Å². The Bertz CT molecular complexity index is 262. The number of amides is 1. The summed E-state index contributed by atoms with van der Waals surface area (Å²) in [5.74, 6) is 2.89. The zero-order valence-corrected chi connectivity index (χ0v) is 9.34. The number of hydrogen-bond donors (Lipinski definition) is 0. The summed E-state index contributed by atoms with van der Waals surface area (Å²) in [6.45, 7) is 4.77. The molecule has 1 saturated carbocycles. The van der Waals surface area contributed by atoms with Gasteiger partial charge in [-0.25, -0.2) is 0 Å². The molecular formula is C12H19NO. The van der Waals surface area contributed by atoms with Gasteiger partial charge in [0.2, 0.25) is 5.91 Å². The van der Waals surface area contributed by atoms with Gasteiger partial charge in [0, 0.05) is 13.0 Å². The molecule has 0 heterocycles. The van der Waals surface area contributed by atoms with E-state index in [2.05, 4.69) is 19.8 Å². The fraction of sp³-hybridized carbons (Fsp3) is 0.750. The molecule has 0 aromatic rings. The van der Waals surface area contributed by atoms with Gasteiger partial charge in [-0.2, -0.15) is 0 Å². The van der Waals surface area contributed by atoms with Gasteiger partial charge >= 0.3 is 0 Å². The Morgan fingerprint density at radius 3 is 2.71 bits per heavy atom. The summed E-state index contributed by atoms with van der Waals surface area (Å²) < 4.78 is 0. The van der Waals surface area contributed by atoms with Crippen molar-refractivity contribution >= 4 is 5.91 Å². The van der Waals surface area contributed by atoms with E-state index in [-0.39, 0.29) is 17.2 Å². The minimum Gasteiger partial charge on any atom is -0.334 e. The first-order chi connectivity index (χ1) is 6.49. The maximum atomic E-state index is 12.0. The fourth-order valence-electron chi connectivity index (χ4n) is 2.27. The molecule has 0 bridgehead atoms. The Hall–Kier alpha value is -0.970. The van der Waals surface area contributed by atoms with Gasteiger partial charge in [-0.05, 0) is 18.3 Å². The maximum absolute atomic E-state index is 12.0. The molecule has 0 spiro atoms. The summed E-state index contributed by atoms with van der Waals surface area (Å²) in [5.41, 5.74) is 0.153. The number of carbonyl (C=O) groups is 1. The van der Waals surface area contributed by atoms with Crippen LogP contribution in [0.4, 0.5) is 0 Å². The number of terminal acetylenes is 1. The second-order valence-corrected chi connectivity index (χ2v) is 4.83. The molecule has 1 aliphatic rings. The molecule has 1 amide bonds. The quantitative estimate of drug-likeness (QED) is 0.613. The standard InChI is InChI=1S/C12H19NO/c1-5-9-13(4)11(14)10-7-6-8-12(10,2)3/h1,10H,6-9H2,2-4H3. The summed E-state index contributed by atoms with van der Waals surface area (Å²) in [6, 6.07) is 0. The largest absolute Gasteiger partial charge is 0.334 e. The number of hydrogen-bond acceptors (Lipinski definition) is 1. The van der Waals surface area contributed by atoms with Crippen LogP contribution in [-0.4, -0.2) is 24.4 Å². The fourth-order valence-corrected chi connectivity index (χ4v) is 2.27. The molecule has 1 unspecified atom stereocenters. The molecule has 2 heteroatoms.